The van der Waals surface area contributed by atoms with Crippen molar-refractivity contribution in [1.29, 1.82) is 0 Å². The average Bonchev–Trinajstić information content (AvgIpc) is 3.01. The Bertz CT molecular complexity index is 913. The van der Waals surface area contributed by atoms with E-state index in [1.807, 2.05) is 109 Å². The van der Waals surface area contributed by atoms with Crippen LogP contribution in [0.5, 0.6) is 0 Å². The molecule has 0 heterocycles. The second-order valence-corrected chi connectivity index (χ2v) is 11.0. The maximum atomic E-state index is 5.95. The van der Waals surface area contributed by atoms with Gasteiger partial charge in [0, 0.05) is 19.3 Å². The van der Waals surface area contributed by atoms with Crippen molar-refractivity contribution in [2.45, 2.75) is 130 Å². The minimum Gasteiger partial charge on any atom is -0.222 e. The summed E-state index contributed by atoms with van der Waals surface area (Å²) in [5.41, 5.74) is 0.669. The number of hydrogen-bond acceptors (Lipinski definition) is 8. The van der Waals surface area contributed by atoms with Crippen LogP contribution in [-0.2, 0) is 50.3 Å². The summed E-state index contributed by atoms with van der Waals surface area (Å²) in [4.78, 5) is 46.7. The van der Waals surface area contributed by atoms with Crippen molar-refractivity contribution in [1.82, 2.24) is 0 Å². The minimum atomic E-state index is -1.28. The molecular weight excluding hydrogens is 512 g/mol. The Morgan fingerprint density at radius 1 is 0.375 bits per heavy atom. The molecule has 2 rings (SSSR count). The van der Waals surface area contributed by atoms with Crippen LogP contribution in [0, 0.1) is 0 Å². The van der Waals surface area contributed by atoms with Gasteiger partial charge in [0.15, 0.2) is 0 Å². The molecule has 0 saturated carbocycles. The summed E-state index contributed by atoms with van der Waals surface area (Å²) < 4.78 is 0. The van der Waals surface area contributed by atoms with Crippen LogP contribution in [-0.4, -0.2) is 17.4 Å². The first kappa shape index (κ1) is 34.3. The van der Waals surface area contributed by atoms with Crippen LogP contribution in [0.3, 0.4) is 0 Å². The van der Waals surface area contributed by atoms with Crippen molar-refractivity contribution in [2.24, 2.45) is 0 Å². The Balaban J connectivity index is 2.01. The fraction of sp³-hybridized carbons (Fsp3) is 0.625. The monoisotopic (exact) mass is 562 g/mol. The van der Waals surface area contributed by atoms with E-state index in [9.17, 15) is 0 Å². The summed E-state index contributed by atoms with van der Waals surface area (Å²) in [7, 11) is 0. The van der Waals surface area contributed by atoms with Crippen LogP contribution in [0.4, 0.5) is 0 Å². The van der Waals surface area contributed by atoms with E-state index in [0.29, 0.717) is 32.1 Å². The zero-order valence-electron chi connectivity index (χ0n) is 26.1. The fourth-order valence-electron chi connectivity index (χ4n) is 3.31. The standard InChI is InChI=1S/C32H50O8/c1-11-28(6,26-22-18-16-19-23-26)33-35-30(8,13-3)37-39-32(10,15-5)40-38-31(9,14-4)36-34-29(7,12-2)27-24-20-17-21-25-27/h16-25H,11-15H2,1-10H3. The molecule has 0 bridgehead atoms. The molecule has 4 unspecified atom stereocenters. The third-order valence-electron chi connectivity index (χ3n) is 7.64. The van der Waals surface area contributed by atoms with Crippen molar-refractivity contribution in [3.63, 3.8) is 0 Å². The second kappa shape index (κ2) is 14.8. The van der Waals surface area contributed by atoms with E-state index < -0.39 is 28.6 Å². The molecule has 0 amide bonds. The lowest BCUT2D eigenvalue weighted by Crippen LogP contribution is -2.44. The van der Waals surface area contributed by atoms with Crippen molar-refractivity contribution < 1.29 is 39.1 Å². The van der Waals surface area contributed by atoms with Gasteiger partial charge in [-0.1, -0.05) is 95.3 Å². The molecule has 226 valence electrons. The smallest absolute Gasteiger partial charge is 0.222 e. The molecule has 0 N–H and O–H groups in total. The molecule has 0 saturated heterocycles. The Kier molecular flexibility index (Phi) is 12.7. The summed E-state index contributed by atoms with van der Waals surface area (Å²) >= 11 is 0. The van der Waals surface area contributed by atoms with Crippen molar-refractivity contribution in [2.75, 3.05) is 0 Å². The quantitative estimate of drug-likeness (QED) is 0.0955. The van der Waals surface area contributed by atoms with Gasteiger partial charge < -0.3 is 0 Å². The average molecular weight is 563 g/mol. The number of hydrogen-bond donors (Lipinski definition) is 0. The predicted octanol–water partition coefficient (Wildman–Crippen LogP) is 8.81. The van der Waals surface area contributed by atoms with Crippen molar-refractivity contribution in [3.05, 3.63) is 71.8 Å². The summed E-state index contributed by atoms with van der Waals surface area (Å²) in [6.07, 6.45) is 2.68. The Labute approximate surface area is 240 Å². The highest BCUT2D eigenvalue weighted by molar-refractivity contribution is 5.22. The van der Waals surface area contributed by atoms with Gasteiger partial charge in [0.05, 0.1) is 0 Å². The molecule has 0 radical (unpaired) electrons. The molecule has 0 fully saturated rings. The van der Waals surface area contributed by atoms with E-state index >= 15 is 0 Å². The highest BCUT2D eigenvalue weighted by Crippen LogP contribution is 2.35. The molecule has 2 aromatic carbocycles. The summed E-state index contributed by atoms with van der Waals surface area (Å²) in [6, 6.07) is 19.8. The molecule has 2 aromatic rings. The van der Waals surface area contributed by atoms with Gasteiger partial charge in [0.1, 0.15) is 11.2 Å². The highest BCUT2D eigenvalue weighted by Gasteiger charge is 2.40. The predicted molar refractivity (Wildman–Crippen MR) is 153 cm³/mol. The largest absolute Gasteiger partial charge is 0.231 e. The molecule has 8 heteroatoms. The SMILES string of the molecule is CCC(C)(OOC(C)(CC)OOC(C)(CC)c1ccccc1)OOC(C)(CC)OOC(C)(CC)c1ccccc1. The topological polar surface area (TPSA) is 73.8 Å². The fourth-order valence-corrected chi connectivity index (χ4v) is 3.31. The summed E-state index contributed by atoms with van der Waals surface area (Å²) in [6.45, 7) is 18.9. The van der Waals surface area contributed by atoms with Gasteiger partial charge >= 0.3 is 0 Å². The Hall–Kier alpha value is -1.88. The maximum Gasteiger partial charge on any atom is 0.231 e. The molecule has 0 aliphatic carbocycles. The highest BCUT2D eigenvalue weighted by atomic mass is 17.4. The van der Waals surface area contributed by atoms with Crippen LogP contribution >= 0.6 is 0 Å². The summed E-state index contributed by atoms with van der Waals surface area (Å²) in [5.74, 6) is -3.70. The first-order valence-corrected chi connectivity index (χ1v) is 14.4. The van der Waals surface area contributed by atoms with E-state index in [2.05, 4.69) is 0 Å². The van der Waals surface area contributed by atoms with Crippen molar-refractivity contribution >= 4 is 0 Å². The lowest BCUT2D eigenvalue weighted by atomic mass is 9.93. The van der Waals surface area contributed by atoms with Gasteiger partial charge in [0.25, 0.3) is 0 Å². The van der Waals surface area contributed by atoms with Gasteiger partial charge in [-0.3, -0.25) is 0 Å². The number of rotatable bonds is 19. The zero-order chi connectivity index (χ0) is 29.9. The summed E-state index contributed by atoms with van der Waals surface area (Å²) in [5, 5.41) is 0. The van der Waals surface area contributed by atoms with Crippen LogP contribution in [0.25, 0.3) is 0 Å². The zero-order valence-corrected chi connectivity index (χ0v) is 26.1. The third kappa shape index (κ3) is 9.33. The van der Waals surface area contributed by atoms with Gasteiger partial charge in [-0.05, 0) is 58.6 Å². The van der Waals surface area contributed by atoms with E-state index in [0.717, 1.165) is 11.1 Å². The van der Waals surface area contributed by atoms with Crippen molar-refractivity contribution in [3.8, 4) is 0 Å². The third-order valence-corrected chi connectivity index (χ3v) is 7.64. The first-order chi connectivity index (χ1) is 18.8. The van der Waals surface area contributed by atoms with Crippen LogP contribution in [0.1, 0.15) is 112 Å². The van der Waals surface area contributed by atoms with Gasteiger partial charge in [0.2, 0.25) is 17.4 Å². The van der Waals surface area contributed by atoms with Gasteiger partial charge in [-0.15, -0.1) is 0 Å². The van der Waals surface area contributed by atoms with E-state index in [1.165, 1.54) is 0 Å². The molecular formula is C32H50O8. The second-order valence-electron chi connectivity index (χ2n) is 11.0. The molecule has 40 heavy (non-hydrogen) atoms. The molecule has 8 nitrogen and oxygen atoms in total. The molecule has 0 aliphatic heterocycles. The van der Waals surface area contributed by atoms with Crippen LogP contribution in [0.2, 0.25) is 0 Å². The number of benzene rings is 2. The lowest BCUT2D eigenvalue weighted by Gasteiger charge is -2.37. The Morgan fingerprint density at radius 2 is 0.625 bits per heavy atom. The van der Waals surface area contributed by atoms with Crippen LogP contribution in [0.15, 0.2) is 60.7 Å². The lowest BCUT2D eigenvalue weighted by molar-refractivity contribution is -0.612. The minimum absolute atomic E-state index is 0.404. The maximum absolute atomic E-state index is 5.95. The molecule has 4 atom stereocenters. The van der Waals surface area contributed by atoms with Gasteiger partial charge in [-0.2, -0.15) is 29.3 Å². The molecule has 0 spiro atoms. The van der Waals surface area contributed by atoms with Crippen LogP contribution < -0.4 is 0 Å². The first-order valence-electron chi connectivity index (χ1n) is 14.4. The van der Waals surface area contributed by atoms with E-state index in [-0.39, 0.29) is 0 Å². The van der Waals surface area contributed by atoms with Gasteiger partial charge in [-0.25, -0.2) is 9.78 Å². The Morgan fingerprint density at radius 3 is 0.850 bits per heavy atom. The van der Waals surface area contributed by atoms with E-state index in [4.69, 9.17) is 39.1 Å². The molecule has 0 aliphatic rings. The normalized spacial score (nSPS) is 19.6. The van der Waals surface area contributed by atoms with E-state index in [1.54, 1.807) is 20.8 Å². The molecule has 0 aromatic heterocycles.